The molecule has 0 aliphatic heterocycles. The molecule has 0 aliphatic rings. The van der Waals surface area contributed by atoms with Crippen LogP contribution in [0, 0.1) is 13.8 Å². The number of hydrogen-bond donors (Lipinski definition) is 0. The Hall–Kier alpha value is -1.94. The second kappa shape index (κ2) is 4.87. The summed E-state index contributed by atoms with van der Waals surface area (Å²) in [5.74, 6) is 0. The molecular formula is C16H16N2OS. The van der Waals surface area contributed by atoms with Crippen molar-refractivity contribution in [1.29, 1.82) is 0 Å². The molecule has 0 N–H and O–H groups in total. The molecule has 0 amide bonds. The third-order valence-corrected chi connectivity index (χ3v) is 4.93. The number of nitrogens with zero attached hydrogens (tertiary/aromatic N) is 2. The summed E-state index contributed by atoms with van der Waals surface area (Å²) in [5, 5.41) is 0.762. The summed E-state index contributed by atoms with van der Waals surface area (Å²) in [5.41, 5.74) is 2.21. The highest BCUT2D eigenvalue weighted by atomic mass is 32.1. The van der Waals surface area contributed by atoms with Gasteiger partial charge < -0.3 is 0 Å². The second-order valence-corrected chi connectivity index (χ2v) is 6.21. The lowest BCUT2D eigenvalue weighted by Gasteiger charge is -2.15. The van der Waals surface area contributed by atoms with Crippen LogP contribution >= 0.6 is 11.3 Å². The second-order valence-electron chi connectivity index (χ2n) is 5.01. The SMILES string of the molecule is Cc1sc2ncn(C(C)c3ccccc3)c(=O)c2c1C. The third kappa shape index (κ3) is 1.96. The van der Waals surface area contributed by atoms with Crippen molar-refractivity contribution in [3.8, 4) is 0 Å². The fourth-order valence-corrected chi connectivity index (χ4v) is 3.40. The van der Waals surface area contributed by atoms with E-state index < -0.39 is 0 Å². The van der Waals surface area contributed by atoms with Crippen molar-refractivity contribution in [1.82, 2.24) is 9.55 Å². The van der Waals surface area contributed by atoms with Gasteiger partial charge in [0.15, 0.2) is 0 Å². The van der Waals surface area contributed by atoms with Gasteiger partial charge in [-0.2, -0.15) is 0 Å². The minimum absolute atomic E-state index is 0.0137. The van der Waals surface area contributed by atoms with Crippen molar-refractivity contribution in [2.24, 2.45) is 0 Å². The minimum Gasteiger partial charge on any atom is -0.291 e. The van der Waals surface area contributed by atoms with Gasteiger partial charge in [-0.1, -0.05) is 30.3 Å². The lowest BCUT2D eigenvalue weighted by Crippen LogP contribution is -2.24. The summed E-state index contributed by atoms with van der Waals surface area (Å²) >= 11 is 1.58. The van der Waals surface area contributed by atoms with Gasteiger partial charge >= 0.3 is 0 Å². The molecule has 1 atom stereocenters. The van der Waals surface area contributed by atoms with Crippen molar-refractivity contribution in [3.63, 3.8) is 0 Å². The summed E-state index contributed by atoms with van der Waals surface area (Å²) in [7, 11) is 0. The molecule has 0 saturated heterocycles. The summed E-state index contributed by atoms with van der Waals surface area (Å²) in [6, 6.07) is 10.0. The van der Waals surface area contributed by atoms with E-state index in [4.69, 9.17) is 0 Å². The molecule has 0 bridgehead atoms. The number of aryl methyl sites for hydroxylation is 2. The predicted molar refractivity (Wildman–Crippen MR) is 83.6 cm³/mol. The quantitative estimate of drug-likeness (QED) is 0.719. The molecule has 3 rings (SSSR count). The van der Waals surface area contributed by atoms with Crippen molar-refractivity contribution < 1.29 is 0 Å². The van der Waals surface area contributed by atoms with Gasteiger partial charge in [0.25, 0.3) is 5.56 Å². The van der Waals surface area contributed by atoms with Gasteiger partial charge in [-0.25, -0.2) is 4.98 Å². The van der Waals surface area contributed by atoms with Crippen LogP contribution in [0.3, 0.4) is 0 Å². The number of hydrogen-bond acceptors (Lipinski definition) is 3. The van der Waals surface area contributed by atoms with Gasteiger partial charge in [0.1, 0.15) is 4.83 Å². The van der Waals surface area contributed by atoms with E-state index in [-0.39, 0.29) is 11.6 Å². The highest BCUT2D eigenvalue weighted by molar-refractivity contribution is 7.18. The summed E-state index contributed by atoms with van der Waals surface area (Å²) < 4.78 is 1.72. The maximum Gasteiger partial charge on any atom is 0.262 e. The molecule has 2 heterocycles. The van der Waals surface area contributed by atoms with E-state index in [2.05, 4.69) is 4.98 Å². The molecule has 0 spiro atoms. The molecule has 0 aliphatic carbocycles. The molecule has 0 fully saturated rings. The van der Waals surface area contributed by atoms with E-state index in [1.807, 2.05) is 51.1 Å². The Labute approximate surface area is 121 Å². The largest absolute Gasteiger partial charge is 0.291 e. The molecule has 102 valence electrons. The standard InChI is InChI=1S/C16H16N2OS/c1-10-12(3)20-15-14(10)16(19)18(9-17-15)11(2)13-7-5-4-6-8-13/h4-9,11H,1-3H3. The van der Waals surface area contributed by atoms with Crippen LogP contribution in [0.1, 0.15) is 29.0 Å². The Morgan fingerprint density at radius 1 is 1.20 bits per heavy atom. The summed E-state index contributed by atoms with van der Waals surface area (Å²) in [6.07, 6.45) is 1.66. The third-order valence-electron chi connectivity index (χ3n) is 3.81. The highest BCUT2D eigenvalue weighted by Crippen LogP contribution is 2.26. The normalized spacial score (nSPS) is 12.8. The first-order chi connectivity index (χ1) is 9.59. The molecule has 0 saturated carbocycles. The van der Waals surface area contributed by atoms with Crippen molar-refractivity contribution in [3.05, 3.63) is 63.0 Å². The van der Waals surface area contributed by atoms with Crippen LogP contribution in [-0.4, -0.2) is 9.55 Å². The fraction of sp³-hybridized carbons (Fsp3) is 0.250. The van der Waals surface area contributed by atoms with Gasteiger partial charge in [0.05, 0.1) is 17.8 Å². The van der Waals surface area contributed by atoms with E-state index in [1.165, 1.54) is 0 Å². The van der Waals surface area contributed by atoms with E-state index in [1.54, 1.807) is 22.2 Å². The Bertz CT molecular complexity index is 818. The zero-order chi connectivity index (χ0) is 14.3. The first kappa shape index (κ1) is 13.1. The Morgan fingerprint density at radius 2 is 1.90 bits per heavy atom. The lowest BCUT2D eigenvalue weighted by atomic mass is 10.1. The van der Waals surface area contributed by atoms with Crippen molar-refractivity contribution in [2.75, 3.05) is 0 Å². The van der Waals surface area contributed by atoms with E-state index in [9.17, 15) is 4.79 Å². The van der Waals surface area contributed by atoms with Crippen LogP contribution in [0.15, 0.2) is 41.5 Å². The van der Waals surface area contributed by atoms with Gasteiger partial charge in [-0.15, -0.1) is 11.3 Å². The Kier molecular flexibility index (Phi) is 3.18. The first-order valence-corrected chi connectivity index (χ1v) is 7.43. The Balaban J connectivity index is 2.20. The van der Waals surface area contributed by atoms with Gasteiger partial charge in [0, 0.05) is 4.88 Å². The molecule has 3 aromatic rings. The molecule has 1 unspecified atom stereocenters. The average Bonchev–Trinajstić information content (AvgIpc) is 2.75. The average molecular weight is 284 g/mol. The van der Waals surface area contributed by atoms with Crippen LogP contribution in [-0.2, 0) is 0 Å². The first-order valence-electron chi connectivity index (χ1n) is 6.61. The maximum absolute atomic E-state index is 12.7. The number of rotatable bonds is 2. The number of aromatic nitrogens is 2. The highest BCUT2D eigenvalue weighted by Gasteiger charge is 2.15. The summed E-state index contributed by atoms with van der Waals surface area (Å²) in [6.45, 7) is 6.06. The molecule has 4 heteroatoms. The number of fused-ring (bicyclic) bond motifs is 1. The maximum atomic E-state index is 12.7. The minimum atomic E-state index is -0.0137. The topological polar surface area (TPSA) is 34.9 Å². The number of thiophene rings is 1. The molecule has 0 radical (unpaired) electrons. The fourth-order valence-electron chi connectivity index (χ4n) is 2.42. The Morgan fingerprint density at radius 3 is 2.60 bits per heavy atom. The molecule has 1 aromatic carbocycles. The smallest absolute Gasteiger partial charge is 0.262 e. The van der Waals surface area contributed by atoms with Crippen LogP contribution in [0.4, 0.5) is 0 Å². The van der Waals surface area contributed by atoms with E-state index >= 15 is 0 Å². The lowest BCUT2D eigenvalue weighted by molar-refractivity contribution is 0.609. The summed E-state index contributed by atoms with van der Waals surface area (Å²) in [4.78, 5) is 19.2. The zero-order valence-corrected chi connectivity index (χ0v) is 12.6. The van der Waals surface area contributed by atoms with Crippen molar-refractivity contribution in [2.45, 2.75) is 26.8 Å². The van der Waals surface area contributed by atoms with Gasteiger partial charge in [-0.3, -0.25) is 9.36 Å². The zero-order valence-electron chi connectivity index (χ0n) is 11.8. The monoisotopic (exact) mass is 284 g/mol. The molecule has 3 nitrogen and oxygen atoms in total. The van der Waals surface area contributed by atoms with E-state index in [0.29, 0.717) is 0 Å². The van der Waals surface area contributed by atoms with Gasteiger partial charge in [-0.05, 0) is 31.9 Å². The molecular weight excluding hydrogens is 268 g/mol. The van der Waals surface area contributed by atoms with Crippen LogP contribution < -0.4 is 5.56 Å². The predicted octanol–water partition coefficient (Wildman–Crippen LogP) is 3.68. The molecule has 2 aromatic heterocycles. The van der Waals surface area contributed by atoms with E-state index in [0.717, 1.165) is 26.2 Å². The van der Waals surface area contributed by atoms with Gasteiger partial charge in [0.2, 0.25) is 0 Å². The molecule has 20 heavy (non-hydrogen) atoms. The number of benzene rings is 1. The van der Waals surface area contributed by atoms with Crippen molar-refractivity contribution >= 4 is 21.6 Å². The van der Waals surface area contributed by atoms with Crippen LogP contribution in [0.5, 0.6) is 0 Å². The van der Waals surface area contributed by atoms with Crippen LogP contribution in [0.25, 0.3) is 10.2 Å². The van der Waals surface area contributed by atoms with Crippen LogP contribution in [0.2, 0.25) is 0 Å².